The van der Waals surface area contributed by atoms with Crippen molar-refractivity contribution < 1.29 is 96.3 Å². The molecule has 3 aromatic rings. The molecule has 2 aliphatic rings. The molecular formula is C43H60LuN10O12. The van der Waals surface area contributed by atoms with Crippen LogP contribution in [0, 0.1) is 36.9 Å². The quantitative estimate of drug-likeness (QED) is 0.0915. The van der Waals surface area contributed by atoms with E-state index in [1.807, 2.05) is 38.1 Å². The molecule has 369 valence electrons. The molecule has 5 rings (SSSR count). The van der Waals surface area contributed by atoms with Crippen molar-refractivity contribution in [3.63, 3.8) is 0 Å². The van der Waals surface area contributed by atoms with E-state index in [9.17, 15) is 59.4 Å². The van der Waals surface area contributed by atoms with Crippen molar-refractivity contribution in [3.05, 3.63) is 53.2 Å². The molecule has 2 aliphatic heterocycles. The molecule has 2 saturated heterocycles. The second-order valence-electron chi connectivity index (χ2n) is 16.6. The van der Waals surface area contributed by atoms with Crippen LogP contribution in [-0.2, 0) is 30.5 Å². The molecule has 0 saturated carbocycles. The van der Waals surface area contributed by atoms with Crippen molar-refractivity contribution in [2.75, 3.05) is 98.3 Å². The number of piperazine rings is 1. The molecule has 0 unspecified atom stereocenters. The van der Waals surface area contributed by atoms with Crippen LogP contribution in [-0.4, -0.2) is 215 Å². The first-order valence-electron chi connectivity index (χ1n) is 21.6. The maximum absolute atomic E-state index is 13.5. The maximum Gasteiger partial charge on any atom is 0.320 e. The van der Waals surface area contributed by atoms with Gasteiger partial charge in [0.2, 0.25) is 5.91 Å². The van der Waals surface area contributed by atoms with Gasteiger partial charge in [-0.3, -0.25) is 53.3 Å². The van der Waals surface area contributed by atoms with E-state index >= 15 is 0 Å². The number of aliphatic carboxylic acids is 4. The van der Waals surface area contributed by atoms with Crippen LogP contribution in [0.1, 0.15) is 61.1 Å². The first-order valence-corrected chi connectivity index (χ1v) is 21.6. The van der Waals surface area contributed by atoms with E-state index in [2.05, 4.69) is 20.5 Å². The average molecular weight is 1080 g/mol. The van der Waals surface area contributed by atoms with E-state index in [-0.39, 0.29) is 143 Å². The second-order valence-corrected chi connectivity index (χ2v) is 16.6. The molecule has 2 aromatic carbocycles. The Morgan fingerprint density at radius 2 is 1.26 bits per heavy atom. The summed E-state index contributed by atoms with van der Waals surface area (Å²) >= 11 is 0. The number of phenols is 2. The Balaban J connectivity index is 0.00000952. The topological polar surface area (TPSA) is 286 Å². The summed E-state index contributed by atoms with van der Waals surface area (Å²) < 4.78 is 1.39. The molecule has 1 aromatic heterocycles. The summed E-state index contributed by atoms with van der Waals surface area (Å²) in [7, 11) is 0. The van der Waals surface area contributed by atoms with Gasteiger partial charge in [-0.15, -0.1) is 5.10 Å². The van der Waals surface area contributed by atoms with Gasteiger partial charge in [-0.25, -0.2) is 4.68 Å². The summed E-state index contributed by atoms with van der Waals surface area (Å²) in [6.07, 6.45) is -0.170. The number of rotatable bonds is 18. The molecule has 7 N–H and O–H groups in total. The fraction of sp³-hybridized carbons (Fsp3) is 0.535. The first kappa shape index (κ1) is 53.6. The van der Waals surface area contributed by atoms with Gasteiger partial charge < -0.3 is 40.9 Å². The molecule has 22 nitrogen and oxygen atoms in total. The number of carboxylic acid groups (broad SMARTS) is 4. The molecule has 0 bridgehead atoms. The molecular weight excluding hydrogens is 1020 g/mol. The van der Waals surface area contributed by atoms with Crippen molar-refractivity contribution in [1.29, 1.82) is 0 Å². The van der Waals surface area contributed by atoms with Crippen molar-refractivity contribution >= 4 is 35.7 Å². The second kappa shape index (κ2) is 25.2. The van der Waals surface area contributed by atoms with Crippen molar-refractivity contribution in [2.45, 2.75) is 52.1 Å². The monoisotopic (exact) mass is 1080 g/mol. The first-order chi connectivity index (χ1) is 30.9. The van der Waals surface area contributed by atoms with Crippen LogP contribution in [0.2, 0.25) is 0 Å². The SMILES string of the molecule is CCNC(=O)c1nnn(-c2cc(C(C)C)c(O)cc2O)c1-c1ccc(CN2CCN(C(=O)CC[C@H](C(=O)O)N3CCN(CC(=O)O)CCN(CC(=O)O)CCN(CC(=O)O)C3)CC2)cc1.[Lu]. The number of nitrogens with zero attached hydrogens (tertiary/aromatic N) is 9. The predicted molar refractivity (Wildman–Crippen MR) is 234 cm³/mol. The van der Waals surface area contributed by atoms with E-state index in [1.54, 1.807) is 32.6 Å². The average Bonchev–Trinajstić information content (AvgIpc) is 3.67. The van der Waals surface area contributed by atoms with E-state index in [4.69, 9.17) is 0 Å². The molecule has 23 heteroatoms. The van der Waals surface area contributed by atoms with E-state index in [1.165, 1.54) is 15.6 Å². The predicted octanol–water partition coefficient (Wildman–Crippen LogP) is 0.529. The third-order valence-electron chi connectivity index (χ3n) is 11.5. The van der Waals surface area contributed by atoms with Crippen LogP contribution >= 0.6 is 0 Å². The third-order valence-corrected chi connectivity index (χ3v) is 11.5. The minimum Gasteiger partial charge on any atom is -0.508 e. The summed E-state index contributed by atoms with van der Waals surface area (Å²) in [4.78, 5) is 84.5. The molecule has 0 aliphatic carbocycles. The molecule has 2 amide bonds. The number of carbonyl (C=O) groups excluding carboxylic acids is 2. The fourth-order valence-corrected chi connectivity index (χ4v) is 8.11. The molecule has 1 radical (unpaired) electrons. The van der Waals surface area contributed by atoms with Crippen LogP contribution in [0.25, 0.3) is 16.9 Å². The van der Waals surface area contributed by atoms with Crippen LogP contribution < -0.4 is 5.32 Å². The number of hydrogen-bond donors (Lipinski definition) is 7. The summed E-state index contributed by atoms with van der Waals surface area (Å²) in [5, 5.41) is 71.5. The van der Waals surface area contributed by atoms with Gasteiger partial charge in [0.25, 0.3) is 5.91 Å². The zero-order chi connectivity index (χ0) is 47.4. The Labute approximate surface area is 411 Å². The van der Waals surface area contributed by atoms with Gasteiger partial charge in [0.05, 0.1) is 26.3 Å². The largest absolute Gasteiger partial charge is 0.508 e. The van der Waals surface area contributed by atoms with Gasteiger partial charge >= 0.3 is 23.9 Å². The van der Waals surface area contributed by atoms with Gasteiger partial charge in [0.15, 0.2) is 5.69 Å². The van der Waals surface area contributed by atoms with Crippen LogP contribution in [0.15, 0.2) is 36.4 Å². The van der Waals surface area contributed by atoms with Gasteiger partial charge in [-0.05, 0) is 36.5 Å². The maximum atomic E-state index is 13.5. The number of carboxylic acids is 4. The molecule has 3 heterocycles. The summed E-state index contributed by atoms with van der Waals surface area (Å²) in [6, 6.07) is 9.16. The standard InChI is InChI=1S/C43H60N10O12.Lu/c1-4-44-42(63)40-41(53(46-45-40)33-21-31(28(2)3)34(54)22-35(33)55)30-7-5-29(6-8-30)23-47-15-18-51(19-16-47)36(56)10-9-32(43(64)65)52-20-17-49(25-38(59)60)12-11-48(24-37(57)58)13-14-50(27-52)26-39(61)62;/h5-8,21-22,28,32,54-55H,4,9-20,23-27H2,1-3H3,(H,44,63)(H,57,58)(H,59,60)(H,61,62)(H,64,65);/t32-;/m1./s1. The molecule has 0 spiro atoms. The number of benzene rings is 2. The van der Waals surface area contributed by atoms with Crippen LogP contribution in [0.3, 0.4) is 0 Å². The molecule has 2 fully saturated rings. The zero-order valence-electron chi connectivity index (χ0n) is 37.3. The Hall–Kier alpha value is -4.97. The van der Waals surface area contributed by atoms with E-state index in [0.29, 0.717) is 56.1 Å². The summed E-state index contributed by atoms with van der Waals surface area (Å²) in [5.74, 6) is -5.62. The molecule has 66 heavy (non-hydrogen) atoms. The number of hydrogen-bond acceptors (Lipinski definition) is 15. The third kappa shape index (κ3) is 15.0. The van der Waals surface area contributed by atoms with Crippen molar-refractivity contribution in [1.82, 2.24) is 49.7 Å². The fourth-order valence-electron chi connectivity index (χ4n) is 8.11. The van der Waals surface area contributed by atoms with E-state index < -0.39 is 42.4 Å². The summed E-state index contributed by atoms with van der Waals surface area (Å²) in [6.45, 7) is 7.96. The number of carbonyl (C=O) groups is 6. The van der Waals surface area contributed by atoms with Crippen LogP contribution in [0.5, 0.6) is 11.5 Å². The van der Waals surface area contributed by atoms with Gasteiger partial charge in [0.1, 0.15) is 28.9 Å². The Bertz CT molecular complexity index is 2170. The van der Waals surface area contributed by atoms with Crippen LogP contribution in [0.4, 0.5) is 0 Å². The number of phenolic OH excluding ortho intramolecular Hbond substituents is 2. The minimum absolute atomic E-state index is 0. The van der Waals surface area contributed by atoms with Crippen molar-refractivity contribution in [2.24, 2.45) is 0 Å². The van der Waals surface area contributed by atoms with Gasteiger partial charge in [-0.2, -0.15) is 0 Å². The number of nitrogens with one attached hydrogen (secondary N) is 1. The van der Waals surface area contributed by atoms with E-state index in [0.717, 1.165) is 5.56 Å². The van der Waals surface area contributed by atoms with Gasteiger partial charge in [0, 0.05) is 133 Å². The van der Waals surface area contributed by atoms with Gasteiger partial charge in [-0.1, -0.05) is 43.3 Å². The molecule has 1 atom stereocenters. The minimum atomic E-state index is -1.21. The smallest absolute Gasteiger partial charge is 0.320 e. The number of aromatic hydroxyl groups is 2. The Morgan fingerprint density at radius 1 is 0.712 bits per heavy atom. The Kier molecular flexibility index (Phi) is 20.5. The normalized spacial score (nSPS) is 16.8. The number of aromatic nitrogens is 3. The Morgan fingerprint density at radius 3 is 1.80 bits per heavy atom. The number of amides is 2. The summed E-state index contributed by atoms with van der Waals surface area (Å²) in [5.41, 5.74) is 2.81. The zero-order valence-corrected chi connectivity index (χ0v) is 38.9. The van der Waals surface area contributed by atoms with Crippen molar-refractivity contribution in [3.8, 4) is 28.4 Å².